The van der Waals surface area contributed by atoms with Crippen LogP contribution in [-0.2, 0) is 11.3 Å². The summed E-state index contributed by atoms with van der Waals surface area (Å²) in [5.74, 6) is 0. The lowest BCUT2D eigenvalue weighted by molar-refractivity contribution is -0.000990. The van der Waals surface area contributed by atoms with Crippen LogP contribution in [0.4, 0.5) is 0 Å². The standard InChI is InChI=1S/C24H23N3O3/c1-17-9-11-19(12-10-17)22(18-6-3-2-4-7-18)30-15-20(28)14-27-16-26-23-21(24(27)29)8-5-13-25-23/h2-13,16,20,22,28H,14-15H2,1H3/t20-,22+/m1/s1. The summed E-state index contributed by atoms with van der Waals surface area (Å²) in [4.78, 5) is 20.9. The number of hydrogen-bond acceptors (Lipinski definition) is 5. The van der Waals surface area contributed by atoms with Crippen LogP contribution in [-0.4, -0.2) is 32.4 Å². The smallest absolute Gasteiger partial charge is 0.262 e. The highest BCUT2D eigenvalue weighted by Crippen LogP contribution is 2.26. The van der Waals surface area contributed by atoms with Gasteiger partial charge in [0, 0.05) is 6.20 Å². The van der Waals surface area contributed by atoms with Crippen LogP contribution in [0, 0.1) is 6.92 Å². The lowest BCUT2D eigenvalue weighted by Crippen LogP contribution is -2.30. The Bertz CT molecular complexity index is 1170. The first-order valence-electron chi connectivity index (χ1n) is 9.83. The van der Waals surface area contributed by atoms with E-state index in [-0.39, 0.29) is 24.8 Å². The number of aliphatic hydroxyl groups is 1. The minimum absolute atomic E-state index is 0.0744. The van der Waals surface area contributed by atoms with Gasteiger partial charge in [-0.1, -0.05) is 60.2 Å². The molecule has 2 atom stereocenters. The largest absolute Gasteiger partial charge is 0.389 e. The molecule has 152 valence electrons. The Morgan fingerprint density at radius 3 is 2.47 bits per heavy atom. The van der Waals surface area contributed by atoms with E-state index in [0.29, 0.717) is 11.0 Å². The summed E-state index contributed by atoms with van der Waals surface area (Å²) in [5, 5.41) is 11.0. The summed E-state index contributed by atoms with van der Waals surface area (Å²) < 4.78 is 7.51. The van der Waals surface area contributed by atoms with Crippen molar-refractivity contribution in [1.29, 1.82) is 0 Å². The fraction of sp³-hybridized carbons (Fsp3) is 0.208. The van der Waals surface area contributed by atoms with Gasteiger partial charge in [0.1, 0.15) is 12.4 Å². The van der Waals surface area contributed by atoms with E-state index in [2.05, 4.69) is 9.97 Å². The first-order chi connectivity index (χ1) is 14.6. The molecule has 0 bridgehead atoms. The molecular formula is C24H23N3O3. The number of aliphatic hydroxyl groups excluding tert-OH is 1. The summed E-state index contributed by atoms with van der Waals surface area (Å²) in [7, 11) is 0. The summed E-state index contributed by atoms with van der Waals surface area (Å²) in [6.45, 7) is 2.20. The Labute approximate surface area is 174 Å². The maximum absolute atomic E-state index is 12.6. The summed E-state index contributed by atoms with van der Waals surface area (Å²) in [6, 6.07) is 21.4. The molecule has 0 spiro atoms. The van der Waals surface area contributed by atoms with Crippen molar-refractivity contribution in [2.45, 2.75) is 25.7 Å². The molecule has 0 aliphatic rings. The molecule has 0 unspecified atom stereocenters. The Hall–Kier alpha value is -3.35. The number of fused-ring (bicyclic) bond motifs is 1. The number of benzene rings is 2. The molecule has 4 aromatic rings. The monoisotopic (exact) mass is 401 g/mol. The van der Waals surface area contributed by atoms with Gasteiger partial charge in [-0.05, 0) is 30.2 Å². The van der Waals surface area contributed by atoms with Gasteiger partial charge in [0.15, 0.2) is 5.65 Å². The van der Waals surface area contributed by atoms with Gasteiger partial charge in [0.25, 0.3) is 5.56 Å². The number of rotatable bonds is 7. The topological polar surface area (TPSA) is 77.2 Å². The second-order valence-electron chi connectivity index (χ2n) is 7.27. The van der Waals surface area contributed by atoms with Crippen molar-refractivity contribution < 1.29 is 9.84 Å². The lowest BCUT2D eigenvalue weighted by atomic mass is 10.0. The molecule has 6 nitrogen and oxygen atoms in total. The van der Waals surface area contributed by atoms with Crippen LogP contribution in [0.5, 0.6) is 0 Å². The van der Waals surface area contributed by atoms with Gasteiger partial charge in [-0.2, -0.15) is 0 Å². The highest BCUT2D eigenvalue weighted by atomic mass is 16.5. The second kappa shape index (κ2) is 8.98. The fourth-order valence-corrected chi connectivity index (χ4v) is 3.37. The molecular weight excluding hydrogens is 378 g/mol. The van der Waals surface area contributed by atoms with Gasteiger partial charge >= 0.3 is 0 Å². The van der Waals surface area contributed by atoms with Crippen LogP contribution < -0.4 is 5.56 Å². The maximum Gasteiger partial charge on any atom is 0.262 e. The van der Waals surface area contributed by atoms with E-state index >= 15 is 0 Å². The van der Waals surface area contributed by atoms with E-state index in [0.717, 1.165) is 11.1 Å². The van der Waals surface area contributed by atoms with E-state index in [1.807, 2.05) is 61.5 Å². The van der Waals surface area contributed by atoms with E-state index in [1.54, 1.807) is 18.3 Å². The van der Waals surface area contributed by atoms with Crippen LogP contribution >= 0.6 is 0 Å². The van der Waals surface area contributed by atoms with Crippen LogP contribution in [0.25, 0.3) is 11.0 Å². The van der Waals surface area contributed by atoms with Crippen molar-refractivity contribution in [2.75, 3.05) is 6.61 Å². The maximum atomic E-state index is 12.6. The van der Waals surface area contributed by atoms with Gasteiger partial charge in [0.05, 0.1) is 24.6 Å². The van der Waals surface area contributed by atoms with Crippen LogP contribution in [0.15, 0.2) is 84.0 Å². The zero-order valence-corrected chi connectivity index (χ0v) is 16.7. The quantitative estimate of drug-likeness (QED) is 0.514. The van der Waals surface area contributed by atoms with Gasteiger partial charge in [-0.3, -0.25) is 9.36 Å². The highest BCUT2D eigenvalue weighted by Gasteiger charge is 2.17. The normalized spacial score (nSPS) is 13.3. The predicted octanol–water partition coefficient (Wildman–Crippen LogP) is 3.27. The van der Waals surface area contributed by atoms with Gasteiger partial charge in [-0.25, -0.2) is 9.97 Å². The van der Waals surface area contributed by atoms with Crippen molar-refractivity contribution in [3.05, 3.63) is 106 Å². The van der Waals surface area contributed by atoms with E-state index in [9.17, 15) is 9.90 Å². The number of ether oxygens (including phenoxy) is 1. The molecule has 1 N–H and O–H groups in total. The zero-order valence-electron chi connectivity index (χ0n) is 16.7. The van der Waals surface area contributed by atoms with Gasteiger partial charge < -0.3 is 9.84 Å². The van der Waals surface area contributed by atoms with Gasteiger partial charge in [-0.15, -0.1) is 0 Å². The van der Waals surface area contributed by atoms with Crippen LogP contribution in [0.2, 0.25) is 0 Å². The fourth-order valence-electron chi connectivity index (χ4n) is 3.37. The molecule has 4 rings (SSSR count). The van der Waals surface area contributed by atoms with E-state index in [4.69, 9.17) is 4.74 Å². The molecule has 6 heteroatoms. The third kappa shape index (κ3) is 4.45. The molecule has 0 saturated heterocycles. The summed E-state index contributed by atoms with van der Waals surface area (Å²) >= 11 is 0. The molecule has 2 heterocycles. The average molecular weight is 401 g/mol. The SMILES string of the molecule is Cc1ccc([C@@H](OC[C@H](O)Cn2cnc3ncccc3c2=O)c2ccccc2)cc1. The third-order valence-electron chi connectivity index (χ3n) is 4.94. The third-order valence-corrected chi connectivity index (χ3v) is 4.94. The molecule has 2 aromatic carbocycles. The predicted molar refractivity (Wildman–Crippen MR) is 115 cm³/mol. The van der Waals surface area contributed by atoms with Crippen molar-refractivity contribution >= 4 is 11.0 Å². The van der Waals surface area contributed by atoms with Crippen LogP contribution in [0.3, 0.4) is 0 Å². The van der Waals surface area contributed by atoms with Crippen LogP contribution in [0.1, 0.15) is 22.8 Å². The second-order valence-corrected chi connectivity index (χ2v) is 7.27. The number of nitrogens with zero attached hydrogens (tertiary/aromatic N) is 3. The minimum Gasteiger partial charge on any atom is -0.389 e. The zero-order chi connectivity index (χ0) is 20.9. The Morgan fingerprint density at radius 2 is 1.70 bits per heavy atom. The van der Waals surface area contributed by atoms with E-state index in [1.165, 1.54) is 16.5 Å². The molecule has 2 aromatic heterocycles. The van der Waals surface area contributed by atoms with Crippen molar-refractivity contribution in [2.24, 2.45) is 0 Å². The minimum atomic E-state index is -0.865. The Kier molecular flexibility index (Phi) is 5.97. The van der Waals surface area contributed by atoms with Gasteiger partial charge in [0.2, 0.25) is 0 Å². The molecule has 30 heavy (non-hydrogen) atoms. The van der Waals surface area contributed by atoms with E-state index < -0.39 is 6.10 Å². The Morgan fingerprint density at radius 1 is 0.967 bits per heavy atom. The first-order valence-corrected chi connectivity index (χ1v) is 9.83. The average Bonchev–Trinajstić information content (AvgIpc) is 2.78. The molecule has 0 radical (unpaired) electrons. The highest BCUT2D eigenvalue weighted by molar-refractivity contribution is 5.72. The molecule has 0 aliphatic heterocycles. The molecule has 0 amide bonds. The number of hydrogen-bond donors (Lipinski definition) is 1. The van der Waals surface area contributed by atoms with Crippen molar-refractivity contribution in [3.63, 3.8) is 0 Å². The molecule has 0 aliphatic carbocycles. The summed E-state index contributed by atoms with van der Waals surface area (Å²) in [6.07, 6.45) is 1.83. The first kappa shape index (κ1) is 19.9. The Balaban J connectivity index is 1.50. The van der Waals surface area contributed by atoms with Crippen molar-refractivity contribution in [3.8, 4) is 0 Å². The number of aromatic nitrogens is 3. The lowest BCUT2D eigenvalue weighted by Gasteiger charge is -2.21. The number of pyridine rings is 1. The summed E-state index contributed by atoms with van der Waals surface area (Å²) in [5.41, 5.74) is 3.35. The number of aryl methyl sites for hydroxylation is 1. The van der Waals surface area contributed by atoms with Crippen molar-refractivity contribution in [1.82, 2.24) is 14.5 Å². The molecule has 0 saturated carbocycles. The molecule has 0 fully saturated rings.